The average molecular weight is 354 g/mol. The van der Waals surface area contributed by atoms with E-state index in [1.165, 1.54) is 0 Å². The molecule has 2 aromatic rings. The number of ether oxygens (including phenoxy) is 2. The second-order valence-corrected chi connectivity index (χ2v) is 6.06. The number of carbonyl (C=O) groups excluding carboxylic acids is 1. The number of carbonyl (C=O) groups is 1. The number of fused-ring (bicyclic) bond motifs is 1. The molecule has 0 aliphatic carbocycles. The molecule has 0 saturated carbocycles. The van der Waals surface area contributed by atoms with Crippen molar-refractivity contribution in [1.82, 2.24) is 15.1 Å². The molecule has 26 heavy (non-hydrogen) atoms. The van der Waals surface area contributed by atoms with Crippen LogP contribution in [0.15, 0.2) is 23.0 Å². The molecule has 1 amide bonds. The smallest absolute Gasteiger partial charge is 0.285 e. The summed E-state index contributed by atoms with van der Waals surface area (Å²) >= 11 is 0. The molecule has 8 heteroatoms. The zero-order valence-corrected chi connectivity index (χ0v) is 14.7. The highest BCUT2D eigenvalue weighted by molar-refractivity contribution is 5.76. The maximum Gasteiger partial charge on any atom is 0.285 e. The van der Waals surface area contributed by atoms with Crippen LogP contribution < -0.4 is 20.3 Å². The minimum atomic E-state index is -0.568. The third-order valence-corrected chi connectivity index (χ3v) is 4.32. The first kappa shape index (κ1) is 17.5. The predicted octanol–water partition coefficient (Wildman–Crippen LogP) is 1.34. The Balaban J connectivity index is 1.74. The molecule has 3 rings (SSSR count). The Kier molecular flexibility index (Phi) is 4.63. The lowest BCUT2D eigenvalue weighted by atomic mass is 10.1. The molecule has 1 atom stereocenters. The fraction of sp³-hybridized carbons (Fsp3) is 0.333. The quantitative estimate of drug-likeness (QED) is 0.888. The van der Waals surface area contributed by atoms with Gasteiger partial charge in [0.05, 0.1) is 11.7 Å². The van der Waals surface area contributed by atoms with E-state index in [9.17, 15) is 9.59 Å². The maximum atomic E-state index is 12.3. The molecule has 8 nitrogen and oxygen atoms in total. The Morgan fingerprint density at radius 1 is 1.38 bits per heavy atom. The van der Waals surface area contributed by atoms with Crippen LogP contribution in [-0.4, -0.2) is 22.5 Å². The lowest BCUT2D eigenvalue weighted by molar-refractivity contribution is -0.122. The zero-order valence-electron chi connectivity index (χ0n) is 14.7. The molecule has 1 N–H and O–H groups in total. The van der Waals surface area contributed by atoms with Crippen LogP contribution in [0, 0.1) is 25.2 Å². The molecule has 0 radical (unpaired) electrons. The Bertz CT molecular complexity index is 974. The first-order chi connectivity index (χ1) is 12.4. The lowest BCUT2D eigenvalue weighted by Gasteiger charge is -2.15. The van der Waals surface area contributed by atoms with Gasteiger partial charge in [0, 0.05) is 0 Å². The number of nitriles is 1. The van der Waals surface area contributed by atoms with Gasteiger partial charge >= 0.3 is 0 Å². The van der Waals surface area contributed by atoms with E-state index in [-0.39, 0.29) is 30.9 Å². The van der Waals surface area contributed by atoms with Gasteiger partial charge in [-0.25, -0.2) is 4.68 Å². The summed E-state index contributed by atoms with van der Waals surface area (Å²) in [5.74, 6) is 0.924. The van der Waals surface area contributed by atoms with E-state index in [4.69, 9.17) is 14.7 Å². The van der Waals surface area contributed by atoms with Crippen molar-refractivity contribution in [3.63, 3.8) is 0 Å². The second-order valence-electron chi connectivity index (χ2n) is 6.06. The van der Waals surface area contributed by atoms with Gasteiger partial charge in [-0.3, -0.25) is 9.59 Å². The molecule has 0 bridgehead atoms. The fourth-order valence-electron chi connectivity index (χ4n) is 2.70. The van der Waals surface area contributed by atoms with Crippen LogP contribution in [0.25, 0.3) is 0 Å². The molecule has 1 aromatic heterocycles. The molecule has 0 unspecified atom stereocenters. The van der Waals surface area contributed by atoms with Crippen molar-refractivity contribution in [3.8, 4) is 17.6 Å². The number of hydrogen-bond acceptors (Lipinski definition) is 6. The van der Waals surface area contributed by atoms with Gasteiger partial charge < -0.3 is 14.8 Å². The van der Waals surface area contributed by atoms with Crippen LogP contribution in [0.1, 0.15) is 35.3 Å². The number of hydrogen-bond donors (Lipinski definition) is 1. The van der Waals surface area contributed by atoms with E-state index in [1.807, 2.05) is 25.1 Å². The van der Waals surface area contributed by atoms with Gasteiger partial charge in [-0.05, 0) is 44.0 Å². The van der Waals surface area contributed by atoms with E-state index in [2.05, 4.69) is 10.4 Å². The van der Waals surface area contributed by atoms with E-state index < -0.39 is 5.56 Å². The van der Waals surface area contributed by atoms with E-state index in [1.54, 1.807) is 19.9 Å². The first-order valence-electron chi connectivity index (χ1n) is 8.08. The van der Waals surface area contributed by atoms with E-state index >= 15 is 0 Å². The molecule has 2 heterocycles. The van der Waals surface area contributed by atoms with Crippen LogP contribution in [0.5, 0.6) is 11.5 Å². The summed E-state index contributed by atoms with van der Waals surface area (Å²) in [4.78, 5) is 24.6. The summed E-state index contributed by atoms with van der Waals surface area (Å²) in [6.07, 6.45) is 0. The summed E-state index contributed by atoms with van der Waals surface area (Å²) in [5, 5.41) is 16.1. The molecule has 1 aliphatic rings. The second kappa shape index (κ2) is 6.88. The van der Waals surface area contributed by atoms with Crippen LogP contribution in [0.4, 0.5) is 0 Å². The number of benzene rings is 1. The van der Waals surface area contributed by atoms with Gasteiger partial charge in [0.25, 0.3) is 5.56 Å². The topological polar surface area (TPSA) is 106 Å². The Morgan fingerprint density at radius 3 is 2.85 bits per heavy atom. The summed E-state index contributed by atoms with van der Waals surface area (Å²) < 4.78 is 11.6. The van der Waals surface area contributed by atoms with E-state index in [0.717, 1.165) is 10.2 Å². The minimum Gasteiger partial charge on any atom is -0.454 e. The van der Waals surface area contributed by atoms with E-state index in [0.29, 0.717) is 22.8 Å². The number of aromatic nitrogens is 2. The summed E-state index contributed by atoms with van der Waals surface area (Å²) in [5.41, 5.74) is 1.36. The highest BCUT2D eigenvalue weighted by Gasteiger charge is 2.18. The number of nitrogens with zero attached hydrogens (tertiary/aromatic N) is 3. The third-order valence-electron chi connectivity index (χ3n) is 4.32. The minimum absolute atomic E-state index is 0.00844. The lowest BCUT2D eigenvalue weighted by Crippen LogP contribution is -2.36. The highest BCUT2D eigenvalue weighted by atomic mass is 16.7. The summed E-state index contributed by atoms with van der Waals surface area (Å²) in [6.45, 7) is 5.10. The van der Waals surface area contributed by atoms with Gasteiger partial charge in [0.15, 0.2) is 11.5 Å². The number of aryl methyl sites for hydroxylation is 1. The molecule has 134 valence electrons. The highest BCUT2D eigenvalue weighted by Crippen LogP contribution is 2.34. The number of nitrogens with one attached hydrogen (secondary N) is 1. The molecular weight excluding hydrogens is 336 g/mol. The van der Waals surface area contributed by atoms with Gasteiger partial charge in [-0.1, -0.05) is 6.07 Å². The van der Waals surface area contributed by atoms with Crippen LogP contribution in [-0.2, 0) is 11.3 Å². The van der Waals surface area contributed by atoms with Crippen molar-refractivity contribution in [2.75, 3.05) is 6.79 Å². The van der Waals surface area contributed by atoms with Gasteiger partial charge in [-0.15, -0.1) is 0 Å². The monoisotopic (exact) mass is 354 g/mol. The molecular formula is C18H18N4O4. The Hall–Kier alpha value is -3.34. The standard InChI is InChI=1S/C18H18N4O4/c1-10-11(2)21-22(18(24)14(10)7-19)8-17(23)20-12(3)13-4-5-15-16(6-13)26-9-25-15/h4-6,12H,8-9H2,1-3H3,(H,20,23)/t12-/m1/s1. The number of amides is 1. The van der Waals surface area contributed by atoms with Crippen molar-refractivity contribution < 1.29 is 14.3 Å². The van der Waals surface area contributed by atoms with Crippen molar-refractivity contribution in [1.29, 1.82) is 5.26 Å². The Morgan fingerprint density at radius 2 is 2.12 bits per heavy atom. The van der Waals surface area contributed by atoms with Crippen LogP contribution >= 0.6 is 0 Å². The molecule has 1 aliphatic heterocycles. The van der Waals surface area contributed by atoms with Crippen molar-refractivity contribution in [3.05, 3.63) is 50.9 Å². The third kappa shape index (κ3) is 3.24. The maximum absolute atomic E-state index is 12.3. The summed E-state index contributed by atoms with van der Waals surface area (Å²) in [6, 6.07) is 7.01. The van der Waals surface area contributed by atoms with Crippen molar-refractivity contribution in [2.24, 2.45) is 0 Å². The predicted molar refractivity (Wildman–Crippen MR) is 91.8 cm³/mol. The van der Waals surface area contributed by atoms with Gasteiger partial charge in [-0.2, -0.15) is 10.4 Å². The largest absolute Gasteiger partial charge is 0.454 e. The van der Waals surface area contributed by atoms with Crippen LogP contribution in [0.3, 0.4) is 0 Å². The normalized spacial score (nSPS) is 13.2. The number of rotatable bonds is 4. The summed E-state index contributed by atoms with van der Waals surface area (Å²) in [7, 11) is 0. The fourth-order valence-corrected chi connectivity index (χ4v) is 2.70. The van der Waals surface area contributed by atoms with Crippen LogP contribution in [0.2, 0.25) is 0 Å². The van der Waals surface area contributed by atoms with Crippen molar-refractivity contribution >= 4 is 5.91 Å². The molecule has 0 fully saturated rings. The SMILES string of the molecule is Cc1nn(CC(=O)N[C@H](C)c2ccc3c(c2)OCO3)c(=O)c(C#N)c1C. The average Bonchev–Trinajstić information content (AvgIpc) is 3.07. The molecule has 0 spiro atoms. The Labute approximate surface area is 150 Å². The van der Waals surface area contributed by atoms with Gasteiger partial charge in [0.1, 0.15) is 18.2 Å². The first-order valence-corrected chi connectivity index (χ1v) is 8.08. The van der Waals surface area contributed by atoms with Crippen molar-refractivity contribution in [2.45, 2.75) is 33.4 Å². The molecule has 1 aromatic carbocycles. The molecule has 0 saturated heterocycles. The van der Waals surface area contributed by atoms with Gasteiger partial charge in [0.2, 0.25) is 12.7 Å². The zero-order chi connectivity index (χ0) is 18.8.